The number of nitrogens with two attached hydrogens (primary N) is 1. The van der Waals surface area contributed by atoms with Gasteiger partial charge in [-0.1, -0.05) is 18.2 Å². The van der Waals surface area contributed by atoms with E-state index >= 15 is 0 Å². The van der Waals surface area contributed by atoms with Crippen LogP contribution in [0.25, 0.3) is 10.9 Å². The van der Waals surface area contributed by atoms with E-state index in [-0.39, 0.29) is 5.82 Å². The highest BCUT2D eigenvalue weighted by Gasteiger charge is 2.07. The average Bonchev–Trinajstić information content (AvgIpc) is 2.86. The summed E-state index contributed by atoms with van der Waals surface area (Å²) in [5, 5.41) is 1.21. The molecule has 0 saturated carbocycles. The van der Waals surface area contributed by atoms with Gasteiger partial charge in [0.2, 0.25) is 0 Å². The summed E-state index contributed by atoms with van der Waals surface area (Å²) in [6.07, 6.45) is 2.01. The molecule has 20 heavy (non-hydrogen) atoms. The highest BCUT2D eigenvalue weighted by molar-refractivity contribution is 5.83. The topological polar surface area (TPSA) is 30.9 Å². The van der Waals surface area contributed by atoms with E-state index in [0.717, 1.165) is 11.1 Å². The van der Waals surface area contributed by atoms with Crippen LogP contribution < -0.4 is 5.73 Å². The SMILES string of the molecule is Cc1cccc2c1ccn2Cc1cc(CN)ccc1F. The smallest absolute Gasteiger partial charge is 0.128 e. The Bertz CT molecular complexity index is 759. The molecule has 0 saturated heterocycles. The maximum atomic E-state index is 13.9. The van der Waals surface area contributed by atoms with Crippen LogP contribution in [0, 0.1) is 12.7 Å². The van der Waals surface area contributed by atoms with Gasteiger partial charge in [0.05, 0.1) is 6.54 Å². The Labute approximate surface area is 117 Å². The molecule has 0 unspecified atom stereocenters. The number of fused-ring (bicyclic) bond motifs is 1. The molecule has 3 heteroatoms. The number of nitrogens with zero attached hydrogens (tertiary/aromatic N) is 1. The van der Waals surface area contributed by atoms with Gasteiger partial charge in [0, 0.05) is 29.2 Å². The van der Waals surface area contributed by atoms with Crippen LogP contribution in [0.15, 0.2) is 48.7 Å². The number of aryl methyl sites for hydroxylation is 1. The Kier molecular flexibility index (Phi) is 3.28. The van der Waals surface area contributed by atoms with E-state index < -0.39 is 0 Å². The van der Waals surface area contributed by atoms with Gasteiger partial charge in [0.25, 0.3) is 0 Å². The molecule has 1 heterocycles. The lowest BCUT2D eigenvalue weighted by Crippen LogP contribution is -2.03. The van der Waals surface area contributed by atoms with Crippen LogP contribution in [-0.2, 0) is 13.1 Å². The minimum absolute atomic E-state index is 0.184. The van der Waals surface area contributed by atoms with Gasteiger partial charge >= 0.3 is 0 Å². The molecule has 0 bridgehead atoms. The van der Waals surface area contributed by atoms with Gasteiger partial charge in [0.15, 0.2) is 0 Å². The summed E-state index contributed by atoms with van der Waals surface area (Å²) < 4.78 is 16.0. The molecule has 0 atom stereocenters. The first-order valence-corrected chi connectivity index (χ1v) is 6.71. The van der Waals surface area contributed by atoms with Crippen molar-refractivity contribution >= 4 is 10.9 Å². The van der Waals surface area contributed by atoms with Crippen molar-refractivity contribution in [3.05, 3.63) is 71.2 Å². The molecule has 0 amide bonds. The second kappa shape index (κ2) is 5.10. The zero-order valence-electron chi connectivity index (χ0n) is 11.4. The number of halogens is 1. The summed E-state index contributed by atoms with van der Waals surface area (Å²) in [5.74, 6) is -0.184. The minimum atomic E-state index is -0.184. The van der Waals surface area contributed by atoms with Crippen molar-refractivity contribution < 1.29 is 4.39 Å². The van der Waals surface area contributed by atoms with Crippen LogP contribution in [0.4, 0.5) is 4.39 Å². The van der Waals surface area contributed by atoms with Gasteiger partial charge in [-0.15, -0.1) is 0 Å². The quantitative estimate of drug-likeness (QED) is 0.773. The van der Waals surface area contributed by atoms with Crippen molar-refractivity contribution in [3.63, 3.8) is 0 Å². The van der Waals surface area contributed by atoms with Crippen LogP contribution in [0.1, 0.15) is 16.7 Å². The maximum Gasteiger partial charge on any atom is 0.128 e. The second-order valence-corrected chi connectivity index (χ2v) is 5.08. The summed E-state index contributed by atoms with van der Waals surface area (Å²) in [6, 6.07) is 13.3. The molecule has 102 valence electrons. The van der Waals surface area contributed by atoms with Crippen molar-refractivity contribution in [1.29, 1.82) is 0 Å². The predicted molar refractivity (Wildman–Crippen MR) is 80.1 cm³/mol. The molecule has 1 aromatic heterocycles. The third-order valence-corrected chi connectivity index (χ3v) is 3.72. The number of benzene rings is 2. The molecule has 0 spiro atoms. The Balaban J connectivity index is 2.03. The highest BCUT2D eigenvalue weighted by atomic mass is 19.1. The zero-order chi connectivity index (χ0) is 14.1. The normalized spacial score (nSPS) is 11.2. The molecular formula is C17H17FN2. The van der Waals surface area contributed by atoms with Gasteiger partial charge in [-0.05, 0) is 42.3 Å². The van der Waals surface area contributed by atoms with E-state index in [1.165, 1.54) is 17.0 Å². The zero-order valence-corrected chi connectivity index (χ0v) is 11.4. The van der Waals surface area contributed by atoms with Crippen molar-refractivity contribution in [2.45, 2.75) is 20.0 Å². The van der Waals surface area contributed by atoms with E-state index in [9.17, 15) is 4.39 Å². The number of hydrogen-bond acceptors (Lipinski definition) is 1. The largest absolute Gasteiger partial charge is 0.343 e. The maximum absolute atomic E-state index is 13.9. The summed E-state index contributed by atoms with van der Waals surface area (Å²) in [6.45, 7) is 3.04. The summed E-state index contributed by atoms with van der Waals surface area (Å²) in [4.78, 5) is 0. The molecule has 0 aliphatic heterocycles. The standard InChI is InChI=1S/C17H17FN2/c1-12-3-2-4-17-15(12)7-8-20(17)11-14-9-13(10-19)5-6-16(14)18/h2-9H,10-11,19H2,1H3. The van der Waals surface area contributed by atoms with E-state index in [0.29, 0.717) is 18.7 Å². The molecule has 2 aromatic carbocycles. The van der Waals surface area contributed by atoms with E-state index in [1.54, 1.807) is 6.07 Å². The van der Waals surface area contributed by atoms with Crippen molar-refractivity contribution in [1.82, 2.24) is 4.57 Å². The fraction of sp³-hybridized carbons (Fsp3) is 0.176. The number of rotatable bonds is 3. The molecular weight excluding hydrogens is 251 g/mol. The summed E-state index contributed by atoms with van der Waals surface area (Å²) in [7, 11) is 0. The van der Waals surface area contributed by atoms with E-state index in [1.807, 2.05) is 18.3 Å². The van der Waals surface area contributed by atoms with Crippen LogP contribution in [0.3, 0.4) is 0 Å². The molecule has 0 fully saturated rings. The molecule has 3 rings (SSSR count). The van der Waals surface area contributed by atoms with Crippen LogP contribution >= 0.6 is 0 Å². The van der Waals surface area contributed by atoms with Gasteiger partial charge in [-0.25, -0.2) is 4.39 Å². The Morgan fingerprint density at radius 2 is 2.00 bits per heavy atom. The Morgan fingerprint density at radius 3 is 2.80 bits per heavy atom. The van der Waals surface area contributed by atoms with Crippen LogP contribution in [0.5, 0.6) is 0 Å². The van der Waals surface area contributed by atoms with Gasteiger partial charge in [-0.3, -0.25) is 0 Å². The first kappa shape index (κ1) is 12.9. The molecule has 0 aliphatic carbocycles. The van der Waals surface area contributed by atoms with Gasteiger partial charge in [-0.2, -0.15) is 0 Å². The first-order chi connectivity index (χ1) is 9.69. The highest BCUT2D eigenvalue weighted by Crippen LogP contribution is 2.21. The molecule has 2 N–H and O–H groups in total. The predicted octanol–water partition coefficient (Wildman–Crippen LogP) is 3.60. The summed E-state index contributed by atoms with van der Waals surface area (Å²) >= 11 is 0. The lowest BCUT2D eigenvalue weighted by atomic mass is 10.1. The first-order valence-electron chi connectivity index (χ1n) is 6.71. The van der Waals surface area contributed by atoms with Crippen LogP contribution in [0.2, 0.25) is 0 Å². The third kappa shape index (κ3) is 2.21. The lowest BCUT2D eigenvalue weighted by Gasteiger charge is -2.09. The molecule has 3 aromatic rings. The van der Waals surface area contributed by atoms with E-state index in [4.69, 9.17) is 5.73 Å². The summed E-state index contributed by atoms with van der Waals surface area (Å²) in [5.41, 5.74) is 9.61. The average molecular weight is 268 g/mol. The van der Waals surface area contributed by atoms with Crippen molar-refractivity contribution in [2.24, 2.45) is 5.73 Å². The fourth-order valence-corrected chi connectivity index (χ4v) is 2.57. The number of aromatic nitrogens is 1. The third-order valence-electron chi connectivity index (χ3n) is 3.72. The Morgan fingerprint density at radius 1 is 1.15 bits per heavy atom. The molecule has 2 nitrogen and oxygen atoms in total. The lowest BCUT2D eigenvalue weighted by molar-refractivity contribution is 0.601. The molecule has 0 aliphatic rings. The Hall–Kier alpha value is -2.13. The molecule has 0 radical (unpaired) electrons. The minimum Gasteiger partial charge on any atom is -0.343 e. The van der Waals surface area contributed by atoms with Gasteiger partial charge < -0.3 is 10.3 Å². The van der Waals surface area contributed by atoms with E-state index in [2.05, 4.69) is 29.7 Å². The van der Waals surface area contributed by atoms with Gasteiger partial charge in [0.1, 0.15) is 5.82 Å². The van der Waals surface area contributed by atoms with Crippen molar-refractivity contribution in [3.8, 4) is 0 Å². The fourth-order valence-electron chi connectivity index (χ4n) is 2.57. The van der Waals surface area contributed by atoms with Crippen LogP contribution in [-0.4, -0.2) is 4.57 Å². The van der Waals surface area contributed by atoms with Crippen molar-refractivity contribution in [2.75, 3.05) is 0 Å². The second-order valence-electron chi connectivity index (χ2n) is 5.08. The number of hydrogen-bond donors (Lipinski definition) is 1. The monoisotopic (exact) mass is 268 g/mol.